The van der Waals surface area contributed by atoms with E-state index in [1.165, 1.54) is 65.7 Å². The number of nitrogens with two attached hydrogens (primary N) is 1. The van der Waals surface area contributed by atoms with Crippen molar-refractivity contribution in [3.63, 3.8) is 0 Å². The van der Waals surface area contributed by atoms with E-state index >= 15 is 0 Å². The first-order valence-corrected chi connectivity index (χ1v) is 18.5. The van der Waals surface area contributed by atoms with Crippen molar-refractivity contribution in [3.8, 4) is 33.4 Å². The lowest BCUT2D eigenvalue weighted by atomic mass is 9.84. The van der Waals surface area contributed by atoms with E-state index in [0.29, 0.717) is 12.3 Å². The molecule has 0 aliphatic rings. The second-order valence-corrected chi connectivity index (χ2v) is 13.6. The predicted molar refractivity (Wildman–Crippen MR) is 231 cm³/mol. The van der Waals surface area contributed by atoms with Crippen molar-refractivity contribution in [1.29, 1.82) is 0 Å². The lowest BCUT2D eigenvalue weighted by Crippen LogP contribution is -2.13. The molecule has 0 unspecified atom stereocenters. The molecule has 9 rings (SSSR count). The maximum absolute atomic E-state index is 6.69. The minimum atomic E-state index is 0.488. The Morgan fingerprint density at radius 3 is 1.70 bits per heavy atom. The summed E-state index contributed by atoms with van der Waals surface area (Å²) in [7, 11) is 0. The van der Waals surface area contributed by atoms with Gasteiger partial charge in [-0.25, -0.2) is 4.99 Å². The monoisotopic (exact) mass is 690 g/mol. The lowest BCUT2D eigenvalue weighted by Gasteiger charge is -2.19. The highest BCUT2D eigenvalue weighted by molar-refractivity contribution is 6.27. The fourth-order valence-corrected chi connectivity index (χ4v) is 7.81. The van der Waals surface area contributed by atoms with Gasteiger partial charge in [0.15, 0.2) is 0 Å². The number of hydrogen-bond acceptors (Lipinski definition) is 1. The number of benzene rings is 9. The Bertz CT molecular complexity index is 2820. The van der Waals surface area contributed by atoms with E-state index in [0.717, 1.165) is 22.4 Å². The van der Waals surface area contributed by atoms with E-state index < -0.39 is 0 Å². The van der Waals surface area contributed by atoms with Crippen LogP contribution >= 0.6 is 0 Å². The van der Waals surface area contributed by atoms with Crippen LogP contribution in [0.1, 0.15) is 16.7 Å². The molecule has 2 heteroatoms. The zero-order chi connectivity index (χ0) is 36.3. The van der Waals surface area contributed by atoms with Crippen LogP contribution in [0.15, 0.2) is 211 Å². The Kier molecular flexibility index (Phi) is 8.84. The average molecular weight is 691 g/mol. The third-order valence-corrected chi connectivity index (χ3v) is 10.4. The summed E-state index contributed by atoms with van der Waals surface area (Å²) >= 11 is 0. The van der Waals surface area contributed by atoms with Gasteiger partial charge in [-0.05, 0) is 83.2 Å². The largest absolute Gasteiger partial charge is 0.383 e. The van der Waals surface area contributed by atoms with Crippen LogP contribution in [0.4, 0.5) is 0 Å². The highest BCUT2D eigenvalue weighted by Gasteiger charge is 2.19. The van der Waals surface area contributed by atoms with Crippen LogP contribution in [0.3, 0.4) is 0 Å². The molecule has 0 saturated heterocycles. The summed E-state index contributed by atoms with van der Waals surface area (Å²) in [4.78, 5) is 5.08. The first kappa shape index (κ1) is 32.8. The highest BCUT2D eigenvalue weighted by Crippen LogP contribution is 2.46. The highest BCUT2D eigenvalue weighted by atomic mass is 14.9. The number of fused-ring (bicyclic) bond motifs is 4. The molecular formula is C52H38N2. The number of hydrogen-bond donors (Lipinski definition) is 1. The number of rotatable bonds is 8. The third-order valence-electron chi connectivity index (χ3n) is 10.4. The van der Waals surface area contributed by atoms with Gasteiger partial charge in [0.1, 0.15) is 5.84 Å². The molecule has 0 bridgehead atoms. The topological polar surface area (TPSA) is 38.4 Å². The first-order chi connectivity index (χ1) is 26.7. The summed E-state index contributed by atoms with van der Waals surface area (Å²) in [6.07, 6.45) is 2.91. The molecular weight excluding hydrogens is 653 g/mol. The second kappa shape index (κ2) is 14.5. The van der Waals surface area contributed by atoms with Gasteiger partial charge in [-0.1, -0.05) is 206 Å². The van der Waals surface area contributed by atoms with E-state index in [4.69, 9.17) is 10.7 Å². The van der Waals surface area contributed by atoms with Crippen molar-refractivity contribution in [2.75, 3.05) is 0 Å². The molecule has 0 fully saturated rings. The van der Waals surface area contributed by atoms with Gasteiger partial charge in [-0.2, -0.15) is 0 Å². The molecule has 0 spiro atoms. The van der Waals surface area contributed by atoms with Crippen LogP contribution in [0, 0.1) is 0 Å². The molecule has 0 aliphatic heterocycles. The first-order valence-electron chi connectivity index (χ1n) is 18.5. The maximum atomic E-state index is 6.69. The molecule has 0 aliphatic carbocycles. The molecule has 0 atom stereocenters. The summed E-state index contributed by atoms with van der Waals surface area (Å²) in [6, 6.07) is 71.0. The SMILES string of the molecule is NC(=N/C(=C\Cc1ccccc1-c1ccccc1)c1ccc(-c2c3ccccc3c(-c3ccccc3)c3ccc4ccccc4c23)cc1)c1ccccc1. The molecule has 256 valence electrons. The minimum Gasteiger partial charge on any atom is -0.383 e. The van der Waals surface area contributed by atoms with Crippen LogP contribution in [-0.4, -0.2) is 5.84 Å². The van der Waals surface area contributed by atoms with Gasteiger partial charge in [-0.15, -0.1) is 0 Å². The zero-order valence-electron chi connectivity index (χ0n) is 29.9. The van der Waals surface area contributed by atoms with Crippen molar-refractivity contribution in [2.45, 2.75) is 6.42 Å². The molecule has 0 amide bonds. The Morgan fingerprint density at radius 1 is 0.426 bits per heavy atom. The fraction of sp³-hybridized carbons (Fsp3) is 0.0192. The molecule has 9 aromatic carbocycles. The average Bonchev–Trinajstić information content (AvgIpc) is 3.25. The molecule has 54 heavy (non-hydrogen) atoms. The summed E-state index contributed by atoms with van der Waals surface area (Å²) in [6.45, 7) is 0. The summed E-state index contributed by atoms with van der Waals surface area (Å²) in [5.41, 5.74) is 18.0. The maximum Gasteiger partial charge on any atom is 0.131 e. The molecule has 2 N–H and O–H groups in total. The van der Waals surface area contributed by atoms with Crippen molar-refractivity contribution in [1.82, 2.24) is 0 Å². The van der Waals surface area contributed by atoms with Gasteiger partial charge >= 0.3 is 0 Å². The number of allylic oxidation sites excluding steroid dienone is 1. The summed E-state index contributed by atoms with van der Waals surface area (Å²) in [5.74, 6) is 0.488. The minimum absolute atomic E-state index is 0.488. The molecule has 0 saturated carbocycles. The molecule has 9 aromatic rings. The smallest absolute Gasteiger partial charge is 0.131 e. The van der Waals surface area contributed by atoms with Crippen molar-refractivity contribution in [2.24, 2.45) is 10.7 Å². The van der Waals surface area contributed by atoms with Gasteiger partial charge in [0.05, 0.1) is 5.70 Å². The quantitative estimate of drug-likeness (QED) is 0.0733. The summed E-state index contributed by atoms with van der Waals surface area (Å²) in [5, 5.41) is 7.45. The van der Waals surface area contributed by atoms with E-state index in [1.807, 2.05) is 30.3 Å². The standard InChI is InChI=1S/C52H38N2/c53-52(42-22-8-3-9-23-42)54-48(35-33-37-18-10-12-24-43(37)36-16-4-1-5-17-36)39-28-30-41(31-29-39)50-46-27-15-14-26-45(46)49(40-20-6-2-7-21-40)47-34-32-38-19-11-13-25-44(38)51(47)50/h1-32,34-35H,33H2,(H2,53,54)/b48-35-. The van der Waals surface area contributed by atoms with Gasteiger partial charge in [0, 0.05) is 5.56 Å². The van der Waals surface area contributed by atoms with Crippen LogP contribution in [0.5, 0.6) is 0 Å². The predicted octanol–water partition coefficient (Wildman–Crippen LogP) is 13.1. The molecule has 2 nitrogen and oxygen atoms in total. The van der Waals surface area contributed by atoms with Gasteiger partial charge in [-0.3, -0.25) is 0 Å². The fourth-order valence-electron chi connectivity index (χ4n) is 7.81. The van der Waals surface area contributed by atoms with Crippen molar-refractivity contribution < 1.29 is 0 Å². The molecule has 0 heterocycles. The second-order valence-electron chi connectivity index (χ2n) is 13.6. The van der Waals surface area contributed by atoms with E-state index in [9.17, 15) is 0 Å². The Labute approximate surface area is 316 Å². The van der Waals surface area contributed by atoms with Gasteiger partial charge < -0.3 is 5.73 Å². The number of aliphatic imine (C=N–C) groups is 1. The van der Waals surface area contributed by atoms with Crippen molar-refractivity contribution >= 4 is 43.9 Å². The van der Waals surface area contributed by atoms with Crippen LogP contribution in [0.25, 0.3) is 71.4 Å². The van der Waals surface area contributed by atoms with Crippen LogP contribution in [0.2, 0.25) is 0 Å². The van der Waals surface area contributed by atoms with E-state index in [1.54, 1.807) is 0 Å². The van der Waals surface area contributed by atoms with Crippen molar-refractivity contribution in [3.05, 3.63) is 223 Å². The number of nitrogens with zero attached hydrogens (tertiary/aromatic N) is 1. The van der Waals surface area contributed by atoms with Crippen LogP contribution < -0.4 is 5.73 Å². The Morgan fingerprint density at radius 2 is 0.981 bits per heavy atom. The van der Waals surface area contributed by atoms with Crippen LogP contribution in [-0.2, 0) is 6.42 Å². The molecule has 0 aromatic heterocycles. The lowest BCUT2D eigenvalue weighted by molar-refractivity contribution is 1.26. The molecule has 0 radical (unpaired) electrons. The zero-order valence-corrected chi connectivity index (χ0v) is 29.9. The third kappa shape index (κ3) is 6.25. The van der Waals surface area contributed by atoms with Gasteiger partial charge in [0.2, 0.25) is 0 Å². The van der Waals surface area contributed by atoms with Gasteiger partial charge in [0.25, 0.3) is 0 Å². The number of amidine groups is 1. The summed E-state index contributed by atoms with van der Waals surface area (Å²) < 4.78 is 0. The Balaban J connectivity index is 1.21. The van der Waals surface area contributed by atoms with E-state index in [-0.39, 0.29) is 0 Å². The van der Waals surface area contributed by atoms with E-state index in [2.05, 4.69) is 176 Å². The Hall–Kier alpha value is -7.03. The normalized spacial score (nSPS) is 12.1.